The van der Waals surface area contributed by atoms with Crippen LogP contribution >= 0.6 is 11.6 Å². The monoisotopic (exact) mass is 296 g/mol. The smallest absolute Gasteiger partial charge is 0.120 e. The van der Waals surface area contributed by atoms with Gasteiger partial charge in [0.2, 0.25) is 0 Å². The summed E-state index contributed by atoms with van der Waals surface area (Å²) in [6.45, 7) is 7.23. The third-order valence-corrected chi connectivity index (χ3v) is 4.05. The Bertz CT molecular complexity index is 394. The minimum atomic E-state index is 0.648. The number of hydrogen-bond donors (Lipinski definition) is 1. The Kier molecular flexibility index (Phi) is 6.64. The molecule has 2 rings (SSSR count). The first-order valence-electron chi connectivity index (χ1n) is 7.62. The highest BCUT2D eigenvalue weighted by Gasteiger charge is 2.15. The van der Waals surface area contributed by atoms with E-state index in [0.29, 0.717) is 12.6 Å². The van der Waals surface area contributed by atoms with Crippen LogP contribution in [0, 0.1) is 0 Å². The van der Waals surface area contributed by atoms with E-state index in [4.69, 9.17) is 16.3 Å². The van der Waals surface area contributed by atoms with E-state index in [1.165, 1.54) is 25.8 Å². The molecule has 1 aliphatic rings. The first kappa shape index (κ1) is 15.6. The molecule has 0 bridgehead atoms. The third-order valence-electron chi connectivity index (χ3n) is 3.81. The molecule has 112 valence electrons. The fourth-order valence-corrected chi connectivity index (χ4v) is 2.80. The Morgan fingerprint density at radius 3 is 3.00 bits per heavy atom. The predicted molar refractivity (Wildman–Crippen MR) is 84.7 cm³/mol. The molecular formula is C16H25ClN2O. The molecule has 0 amide bonds. The van der Waals surface area contributed by atoms with E-state index in [2.05, 4.69) is 17.1 Å². The van der Waals surface area contributed by atoms with Crippen LogP contribution in [0.15, 0.2) is 24.3 Å². The minimum Gasteiger partial charge on any atom is -0.492 e. The second-order valence-corrected chi connectivity index (χ2v) is 5.78. The first-order chi connectivity index (χ1) is 9.78. The highest BCUT2D eigenvalue weighted by atomic mass is 35.5. The normalized spacial score (nSPS) is 19.2. The topological polar surface area (TPSA) is 24.5 Å². The van der Waals surface area contributed by atoms with Crippen molar-refractivity contribution in [1.29, 1.82) is 0 Å². The van der Waals surface area contributed by atoms with Crippen LogP contribution in [0.5, 0.6) is 5.75 Å². The molecule has 0 spiro atoms. The standard InChI is InChI=1S/C16H25ClN2O/c1-2-19(13-15-7-3-4-9-18-15)10-11-20-16-8-5-6-14(17)12-16/h5-6,8,12,15,18H,2-4,7,9-11,13H2,1H3. The fraction of sp³-hybridized carbons (Fsp3) is 0.625. The Hall–Kier alpha value is -0.770. The first-order valence-corrected chi connectivity index (χ1v) is 8.00. The van der Waals surface area contributed by atoms with Gasteiger partial charge in [-0.25, -0.2) is 0 Å². The summed E-state index contributed by atoms with van der Waals surface area (Å²) in [5.74, 6) is 0.851. The molecule has 20 heavy (non-hydrogen) atoms. The van der Waals surface area contributed by atoms with E-state index in [1.807, 2.05) is 24.3 Å². The minimum absolute atomic E-state index is 0.648. The van der Waals surface area contributed by atoms with Crippen molar-refractivity contribution in [2.24, 2.45) is 0 Å². The highest BCUT2D eigenvalue weighted by molar-refractivity contribution is 6.30. The van der Waals surface area contributed by atoms with Gasteiger partial charge >= 0.3 is 0 Å². The lowest BCUT2D eigenvalue weighted by molar-refractivity contribution is 0.190. The third kappa shape index (κ3) is 5.31. The largest absolute Gasteiger partial charge is 0.492 e. The van der Waals surface area contributed by atoms with Gasteiger partial charge in [-0.1, -0.05) is 31.0 Å². The van der Waals surface area contributed by atoms with Gasteiger partial charge in [-0.3, -0.25) is 4.90 Å². The molecule has 1 fully saturated rings. The molecule has 1 aromatic carbocycles. The number of piperidine rings is 1. The maximum Gasteiger partial charge on any atom is 0.120 e. The average Bonchev–Trinajstić information content (AvgIpc) is 2.47. The number of ether oxygens (including phenoxy) is 1. The van der Waals surface area contributed by atoms with Crippen molar-refractivity contribution in [3.8, 4) is 5.75 Å². The molecule has 1 atom stereocenters. The van der Waals surface area contributed by atoms with Crippen molar-refractivity contribution in [2.45, 2.75) is 32.2 Å². The summed E-state index contributed by atoms with van der Waals surface area (Å²) in [6, 6.07) is 8.24. The molecule has 1 aromatic rings. The fourth-order valence-electron chi connectivity index (χ4n) is 2.62. The molecular weight excluding hydrogens is 272 g/mol. The Balaban J connectivity index is 1.70. The predicted octanol–water partition coefficient (Wildman–Crippen LogP) is 3.18. The molecule has 1 aliphatic heterocycles. The van der Waals surface area contributed by atoms with E-state index in [1.54, 1.807) is 0 Å². The van der Waals surface area contributed by atoms with Gasteiger partial charge in [0.15, 0.2) is 0 Å². The van der Waals surface area contributed by atoms with E-state index >= 15 is 0 Å². The van der Waals surface area contributed by atoms with Crippen molar-refractivity contribution >= 4 is 11.6 Å². The number of hydrogen-bond acceptors (Lipinski definition) is 3. The van der Waals surface area contributed by atoms with E-state index in [-0.39, 0.29) is 0 Å². The molecule has 1 saturated heterocycles. The number of benzene rings is 1. The van der Waals surface area contributed by atoms with Crippen molar-refractivity contribution < 1.29 is 4.74 Å². The molecule has 0 aliphatic carbocycles. The summed E-state index contributed by atoms with van der Waals surface area (Å²) in [7, 11) is 0. The van der Waals surface area contributed by atoms with Gasteiger partial charge in [-0.15, -0.1) is 0 Å². The molecule has 4 heteroatoms. The van der Waals surface area contributed by atoms with Crippen LogP contribution in [0.1, 0.15) is 26.2 Å². The maximum atomic E-state index is 5.94. The summed E-state index contributed by atoms with van der Waals surface area (Å²) in [5.41, 5.74) is 0. The van der Waals surface area contributed by atoms with Gasteiger partial charge in [-0.05, 0) is 44.1 Å². The van der Waals surface area contributed by atoms with Gasteiger partial charge in [0.1, 0.15) is 12.4 Å². The maximum absolute atomic E-state index is 5.94. The van der Waals surface area contributed by atoms with Crippen LogP contribution < -0.4 is 10.1 Å². The lowest BCUT2D eigenvalue weighted by Gasteiger charge is -2.29. The van der Waals surface area contributed by atoms with Crippen molar-refractivity contribution in [1.82, 2.24) is 10.2 Å². The van der Waals surface area contributed by atoms with Crippen LogP contribution in [-0.4, -0.2) is 43.7 Å². The zero-order valence-electron chi connectivity index (χ0n) is 12.3. The van der Waals surface area contributed by atoms with Crippen LogP contribution in [0.2, 0.25) is 5.02 Å². The second kappa shape index (κ2) is 8.50. The van der Waals surface area contributed by atoms with Crippen LogP contribution in [-0.2, 0) is 0 Å². The molecule has 3 nitrogen and oxygen atoms in total. The van der Waals surface area contributed by atoms with Gasteiger partial charge in [0, 0.05) is 24.2 Å². The van der Waals surface area contributed by atoms with Gasteiger partial charge in [-0.2, -0.15) is 0 Å². The van der Waals surface area contributed by atoms with Crippen LogP contribution in [0.25, 0.3) is 0 Å². The number of nitrogens with zero attached hydrogens (tertiary/aromatic N) is 1. The average molecular weight is 297 g/mol. The molecule has 1 unspecified atom stereocenters. The van der Waals surface area contributed by atoms with Crippen molar-refractivity contribution in [2.75, 3.05) is 32.8 Å². The van der Waals surface area contributed by atoms with E-state index in [0.717, 1.165) is 30.4 Å². The summed E-state index contributed by atoms with van der Waals surface area (Å²) >= 11 is 5.94. The molecule has 0 radical (unpaired) electrons. The van der Waals surface area contributed by atoms with E-state index in [9.17, 15) is 0 Å². The summed E-state index contributed by atoms with van der Waals surface area (Å²) in [5, 5.41) is 4.32. The molecule has 1 N–H and O–H groups in total. The molecule has 0 saturated carbocycles. The summed E-state index contributed by atoms with van der Waals surface area (Å²) in [4.78, 5) is 2.45. The van der Waals surface area contributed by atoms with Crippen LogP contribution in [0.3, 0.4) is 0 Å². The Labute approximate surface area is 127 Å². The zero-order chi connectivity index (χ0) is 14.2. The number of likely N-dealkylation sites (N-methyl/N-ethyl adjacent to an activating group) is 1. The SMILES string of the molecule is CCN(CCOc1cccc(Cl)c1)CC1CCCCN1. The number of rotatable bonds is 7. The molecule has 1 heterocycles. The highest BCUT2D eigenvalue weighted by Crippen LogP contribution is 2.17. The van der Waals surface area contributed by atoms with Gasteiger partial charge < -0.3 is 10.1 Å². The lowest BCUT2D eigenvalue weighted by Crippen LogP contribution is -2.44. The van der Waals surface area contributed by atoms with Crippen molar-refractivity contribution in [3.05, 3.63) is 29.3 Å². The van der Waals surface area contributed by atoms with Gasteiger partial charge in [0.25, 0.3) is 0 Å². The Morgan fingerprint density at radius 1 is 1.40 bits per heavy atom. The van der Waals surface area contributed by atoms with Crippen LogP contribution in [0.4, 0.5) is 0 Å². The number of halogens is 1. The van der Waals surface area contributed by atoms with Crippen molar-refractivity contribution in [3.63, 3.8) is 0 Å². The summed E-state index contributed by atoms with van der Waals surface area (Å²) in [6.07, 6.45) is 3.97. The quantitative estimate of drug-likeness (QED) is 0.836. The second-order valence-electron chi connectivity index (χ2n) is 5.35. The number of nitrogens with one attached hydrogen (secondary N) is 1. The summed E-state index contributed by atoms with van der Waals surface area (Å²) < 4.78 is 5.76. The van der Waals surface area contributed by atoms with E-state index < -0.39 is 0 Å². The molecule has 0 aromatic heterocycles. The zero-order valence-corrected chi connectivity index (χ0v) is 13.0. The Morgan fingerprint density at radius 2 is 2.30 bits per heavy atom. The van der Waals surface area contributed by atoms with Gasteiger partial charge in [0.05, 0.1) is 0 Å². The lowest BCUT2D eigenvalue weighted by atomic mass is 10.0.